The summed E-state index contributed by atoms with van der Waals surface area (Å²) < 4.78 is 16.9. The van der Waals surface area contributed by atoms with E-state index in [1.165, 1.54) is 186 Å². The van der Waals surface area contributed by atoms with E-state index < -0.39 is 6.10 Å². The second-order valence-electron chi connectivity index (χ2n) is 19.9. The Morgan fingerprint density at radius 2 is 0.582 bits per heavy atom. The zero-order valence-corrected chi connectivity index (χ0v) is 44.9. The highest BCUT2D eigenvalue weighted by atomic mass is 16.6. The second kappa shape index (κ2) is 56.2. The number of hydrogen-bond donors (Lipinski definition) is 0. The van der Waals surface area contributed by atoms with Crippen molar-refractivity contribution in [2.75, 3.05) is 13.2 Å². The molecule has 6 heteroatoms. The Morgan fingerprint density at radius 1 is 0.313 bits per heavy atom. The SMILES string of the molecule is CC/C=C\C/C=C\C/C=C\CCCCCCC(=O)OCC(COC(=O)CCCCCCCCCCCCCCCCCCCCC)OC(=O)CCCCCCCCCCCCCCCCCC. The zero-order chi connectivity index (χ0) is 48.6. The minimum atomic E-state index is -0.777. The van der Waals surface area contributed by atoms with Crippen LogP contribution in [0, 0.1) is 0 Å². The van der Waals surface area contributed by atoms with Gasteiger partial charge in [0.15, 0.2) is 6.10 Å². The van der Waals surface area contributed by atoms with E-state index in [2.05, 4.69) is 57.2 Å². The third-order valence-corrected chi connectivity index (χ3v) is 13.2. The van der Waals surface area contributed by atoms with Gasteiger partial charge in [0.1, 0.15) is 13.2 Å². The van der Waals surface area contributed by atoms with E-state index in [1.807, 2.05) is 0 Å². The van der Waals surface area contributed by atoms with Crippen molar-refractivity contribution in [3.8, 4) is 0 Å². The zero-order valence-electron chi connectivity index (χ0n) is 44.9. The highest BCUT2D eigenvalue weighted by Crippen LogP contribution is 2.17. The third-order valence-electron chi connectivity index (χ3n) is 13.2. The number of carbonyl (C=O) groups is 3. The standard InChI is InChI=1S/C61H112O6/c1-4-7-10-13-16-19-22-25-28-30-31-32-34-36-39-42-45-48-51-54-60(63)66-57-58(56-65-59(62)53-50-47-44-41-38-35-27-24-21-18-15-12-9-6-3)67-61(64)55-52-49-46-43-40-37-33-29-26-23-20-17-14-11-8-5-2/h9,12,18,21,27,35,58H,4-8,10-11,13-17,19-20,22-26,28-34,36-57H2,1-3H3/b12-9-,21-18-,35-27-. The van der Waals surface area contributed by atoms with Crippen LogP contribution < -0.4 is 0 Å². The van der Waals surface area contributed by atoms with Crippen molar-refractivity contribution in [3.05, 3.63) is 36.5 Å². The first-order chi connectivity index (χ1) is 33.0. The molecule has 1 atom stereocenters. The van der Waals surface area contributed by atoms with Crippen LogP contribution in [0.25, 0.3) is 0 Å². The highest BCUT2D eigenvalue weighted by Gasteiger charge is 2.19. The van der Waals surface area contributed by atoms with E-state index in [9.17, 15) is 14.4 Å². The molecule has 1 unspecified atom stereocenters. The van der Waals surface area contributed by atoms with Gasteiger partial charge in [-0.15, -0.1) is 0 Å². The molecular formula is C61H112O6. The maximum absolute atomic E-state index is 12.9. The number of hydrogen-bond acceptors (Lipinski definition) is 6. The van der Waals surface area contributed by atoms with E-state index in [1.54, 1.807) is 0 Å². The summed E-state index contributed by atoms with van der Waals surface area (Å²) in [5.74, 6) is -0.876. The highest BCUT2D eigenvalue weighted by molar-refractivity contribution is 5.71. The average molecular weight is 942 g/mol. The quantitative estimate of drug-likeness (QED) is 0.0262. The fraction of sp³-hybridized carbons (Fsp3) is 0.852. The molecular weight excluding hydrogens is 829 g/mol. The molecule has 0 aliphatic heterocycles. The number of rotatable bonds is 54. The molecule has 0 aromatic carbocycles. The van der Waals surface area contributed by atoms with E-state index in [0.29, 0.717) is 19.3 Å². The van der Waals surface area contributed by atoms with Crippen LogP contribution in [0.1, 0.15) is 316 Å². The van der Waals surface area contributed by atoms with E-state index in [0.717, 1.165) is 89.9 Å². The van der Waals surface area contributed by atoms with Gasteiger partial charge in [0, 0.05) is 19.3 Å². The monoisotopic (exact) mass is 941 g/mol. The molecule has 0 rings (SSSR count). The summed E-state index contributed by atoms with van der Waals surface area (Å²) in [6.07, 6.45) is 67.1. The lowest BCUT2D eigenvalue weighted by Gasteiger charge is -2.18. The summed E-state index contributed by atoms with van der Waals surface area (Å²) in [5, 5.41) is 0. The van der Waals surface area contributed by atoms with E-state index in [4.69, 9.17) is 14.2 Å². The Labute approximate surface area is 416 Å². The van der Waals surface area contributed by atoms with Gasteiger partial charge in [-0.2, -0.15) is 0 Å². The largest absolute Gasteiger partial charge is 0.462 e. The molecule has 0 fully saturated rings. The number of ether oxygens (including phenoxy) is 3. The van der Waals surface area contributed by atoms with E-state index >= 15 is 0 Å². The molecule has 0 spiro atoms. The Hall–Kier alpha value is -2.37. The average Bonchev–Trinajstić information content (AvgIpc) is 3.33. The van der Waals surface area contributed by atoms with Crippen molar-refractivity contribution in [1.29, 1.82) is 0 Å². The van der Waals surface area contributed by atoms with Crippen molar-refractivity contribution in [2.45, 2.75) is 322 Å². The third kappa shape index (κ3) is 54.4. The Kier molecular flexibility index (Phi) is 54.2. The lowest BCUT2D eigenvalue weighted by molar-refractivity contribution is -0.167. The van der Waals surface area contributed by atoms with Gasteiger partial charge in [0.25, 0.3) is 0 Å². The Balaban J connectivity index is 4.32. The first kappa shape index (κ1) is 64.6. The predicted molar refractivity (Wildman–Crippen MR) is 289 cm³/mol. The van der Waals surface area contributed by atoms with Crippen LogP contribution in [0.3, 0.4) is 0 Å². The van der Waals surface area contributed by atoms with Gasteiger partial charge in [-0.25, -0.2) is 0 Å². The van der Waals surface area contributed by atoms with Crippen molar-refractivity contribution < 1.29 is 28.6 Å². The maximum atomic E-state index is 12.9. The minimum Gasteiger partial charge on any atom is -0.462 e. The molecule has 0 aromatic rings. The fourth-order valence-corrected chi connectivity index (χ4v) is 8.75. The number of allylic oxidation sites excluding steroid dienone is 6. The van der Waals surface area contributed by atoms with Crippen molar-refractivity contribution in [2.24, 2.45) is 0 Å². The molecule has 6 nitrogen and oxygen atoms in total. The molecule has 0 saturated heterocycles. The summed E-state index contributed by atoms with van der Waals surface area (Å²) in [6, 6.07) is 0. The van der Waals surface area contributed by atoms with Gasteiger partial charge in [0.05, 0.1) is 0 Å². The van der Waals surface area contributed by atoms with Crippen molar-refractivity contribution >= 4 is 17.9 Å². The number of carbonyl (C=O) groups excluding carboxylic acids is 3. The summed E-state index contributed by atoms with van der Waals surface area (Å²) in [7, 11) is 0. The molecule has 0 saturated carbocycles. The number of esters is 3. The van der Waals surface area contributed by atoms with Crippen LogP contribution in [-0.2, 0) is 28.6 Å². The van der Waals surface area contributed by atoms with Gasteiger partial charge in [-0.05, 0) is 51.4 Å². The molecule has 0 N–H and O–H groups in total. The predicted octanol–water partition coefficient (Wildman–Crippen LogP) is 19.7. The van der Waals surface area contributed by atoms with Crippen LogP contribution in [0.4, 0.5) is 0 Å². The van der Waals surface area contributed by atoms with Gasteiger partial charge >= 0.3 is 17.9 Å². The van der Waals surface area contributed by atoms with Gasteiger partial charge in [0.2, 0.25) is 0 Å². The molecule has 0 bridgehead atoms. The minimum absolute atomic E-state index is 0.0743. The molecule has 0 radical (unpaired) electrons. The summed E-state index contributed by atoms with van der Waals surface area (Å²) in [5.41, 5.74) is 0. The smallest absolute Gasteiger partial charge is 0.306 e. The van der Waals surface area contributed by atoms with Crippen LogP contribution >= 0.6 is 0 Å². The molecule has 392 valence electrons. The van der Waals surface area contributed by atoms with Crippen molar-refractivity contribution in [1.82, 2.24) is 0 Å². The van der Waals surface area contributed by atoms with Crippen LogP contribution in [-0.4, -0.2) is 37.2 Å². The second-order valence-corrected chi connectivity index (χ2v) is 19.9. The molecule has 67 heavy (non-hydrogen) atoms. The molecule has 0 aliphatic rings. The molecule has 0 amide bonds. The van der Waals surface area contributed by atoms with Gasteiger partial charge < -0.3 is 14.2 Å². The lowest BCUT2D eigenvalue weighted by atomic mass is 10.0. The van der Waals surface area contributed by atoms with Crippen LogP contribution in [0.15, 0.2) is 36.5 Å². The summed E-state index contributed by atoms with van der Waals surface area (Å²) >= 11 is 0. The summed E-state index contributed by atoms with van der Waals surface area (Å²) in [6.45, 7) is 6.56. The molecule has 0 heterocycles. The van der Waals surface area contributed by atoms with Crippen molar-refractivity contribution in [3.63, 3.8) is 0 Å². The van der Waals surface area contributed by atoms with Crippen LogP contribution in [0.5, 0.6) is 0 Å². The maximum Gasteiger partial charge on any atom is 0.306 e. The Morgan fingerprint density at radius 3 is 0.910 bits per heavy atom. The first-order valence-corrected chi connectivity index (χ1v) is 29.5. The normalized spacial score (nSPS) is 12.2. The van der Waals surface area contributed by atoms with Gasteiger partial charge in [-0.3, -0.25) is 14.4 Å². The fourth-order valence-electron chi connectivity index (χ4n) is 8.75. The lowest BCUT2D eigenvalue weighted by Crippen LogP contribution is -2.30. The first-order valence-electron chi connectivity index (χ1n) is 29.5. The van der Waals surface area contributed by atoms with E-state index in [-0.39, 0.29) is 31.1 Å². The van der Waals surface area contributed by atoms with Crippen LogP contribution in [0.2, 0.25) is 0 Å². The Bertz CT molecular complexity index is 1130. The topological polar surface area (TPSA) is 78.9 Å². The molecule has 0 aromatic heterocycles. The summed E-state index contributed by atoms with van der Waals surface area (Å²) in [4.78, 5) is 38.2. The number of unbranched alkanes of at least 4 members (excludes halogenated alkanes) is 37. The molecule has 0 aliphatic carbocycles. The van der Waals surface area contributed by atoms with Gasteiger partial charge in [-0.1, -0.05) is 282 Å².